The summed E-state index contributed by atoms with van der Waals surface area (Å²) in [6, 6.07) is 2.28. The van der Waals surface area contributed by atoms with Crippen molar-refractivity contribution in [2.75, 3.05) is 33.2 Å². The number of aryl methyl sites for hydroxylation is 1. The van der Waals surface area contributed by atoms with Gasteiger partial charge in [0, 0.05) is 43.6 Å². The SMILES string of the molecule is CNCc1sc(S(=O)(=O)N2CCN(C(C)C)CC2)cc1C. The van der Waals surface area contributed by atoms with Crippen LogP contribution in [0.3, 0.4) is 0 Å². The molecule has 0 saturated carbocycles. The van der Waals surface area contributed by atoms with Crippen LogP contribution in [-0.4, -0.2) is 56.9 Å². The molecule has 5 nitrogen and oxygen atoms in total. The van der Waals surface area contributed by atoms with Gasteiger partial charge < -0.3 is 5.32 Å². The van der Waals surface area contributed by atoms with Crippen LogP contribution >= 0.6 is 11.3 Å². The maximum Gasteiger partial charge on any atom is 0.252 e. The molecule has 0 atom stereocenters. The number of piperazine rings is 1. The number of hydrogen-bond acceptors (Lipinski definition) is 5. The van der Waals surface area contributed by atoms with Gasteiger partial charge in [-0.05, 0) is 39.4 Å². The van der Waals surface area contributed by atoms with E-state index in [0.717, 1.165) is 23.5 Å². The third-order valence-electron chi connectivity index (χ3n) is 3.93. The largest absolute Gasteiger partial charge is 0.315 e. The molecule has 1 fully saturated rings. The second-order valence-electron chi connectivity index (χ2n) is 5.74. The first-order valence-corrected chi connectivity index (χ1v) is 9.60. The van der Waals surface area contributed by atoms with Crippen LogP contribution in [0.25, 0.3) is 0 Å². The van der Waals surface area contributed by atoms with Crippen LogP contribution in [-0.2, 0) is 16.6 Å². The molecule has 0 amide bonds. The molecule has 21 heavy (non-hydrogen) atoms. The maximum absolute atomic E-state index is 12.7. The van der Waals surface area contributed by atoms with Gasteiger partial charge >= 0.3 is 0 Å². The van der Waals surface area contributed by atoms with E-state index in [1.807, 2.05) is 20.0 Å². The first kappa shape index (κ1) is 16.9. The van der Waals surface area contributed by atoms with Crippen LogP contribution in [0.15, 0.2) is 10.3 Å². The molecule has 0 aliphatic carbocycles. The summed E-state index contributed by atoms with van der Waals surface area (Å²) in [6.07, 6.45) is 0. The van der Waals surface area contributed by atoms with Crippen molar-refractivity contribution >= 4 is 21.4 Å². The molecule has 1 aliphatic heterocycles. The second kappa shape index (κ2) is 6.75. The Kier molecular flexibility index (Phi) is 5.43. The minimum absolute atomic E-state index is 0.473. The number of nitrogens with zero attached hydrogens (tertiary/aromatic N) is 2. The molecular weight excluding hydrogens is 306 g/mol. The van der Waals surface area contributed by atoms with Crippen molar-refractivity contribution in [3.63, 3.8) is 0 Å². The Morgan fingerprint density at radius 2 is 1.90 bits per heavy atom. The summed E-state index contributed by atoms with van der Waals surface area (Å²) in [7, 11) is -1.46. The lowest BCUT2D eigenvalue weighted by Gasteiger charge is -2.35. The van der Waals surface area contributed by atoms with Crippen LogP contribution in [0.1, 0.15) is 24.3 Å². The third kappa shape index (κ3) is 3.65. The number of rotatable bonds is 5. The summed E-state index contributed by atoms with van der Waals surface area (Å²) in [5, 5.41) is 3.08. The summed E-state index contributed by atoms with van der Waals surface area (Å²) < 4.78 is 27.6. The number of hydrogen-bond donors (Lipinski definition) is 1. The van der Waals surface area contributed by atoms with Crippen molar-refractivity contribution in [3.05, 3.63) is 16.5 Å². The minimum Gasteiger partial charge on any atom is -0.315 e. The van der Waals surface area contributed by atoms with E-state index in [1.165, 1.54) is 11.3 Å². The van der Waals surface area contributed by atoms with Crippen LogP contribution in [0.5, 0.6) is 0 Å². The van der Waals surface area contributed by atoms with E-state index in [-0.39, 0.29) is 0 Å². The lowest BCUT2D eigenvalue weighted by atomic mass is 10.3. The molecule has 0 bridgehead atoms. The fraction of sp³-hybridized carbons (Fsp3) is 0.714. The number of nitrogens with one attached hydrogen (secondary N) is 1. The summed E-state index contributed by atoms with van der Waals surface area (Å²) in [4.78, 5) is 3.41. The Hall–Kier alpha value is -0.470. The molecule has 1 aromatic heterocycles. The summed E-state index contributed by atoms with van der Waals surface area (Å²) in [5.74, 6) is 0. The van der Waals surface area contributed by atoms with Gasteiger partial charge in [-0.2, -0.15) is 4.31 Å². The summed E-state index contributed by atoms with van der Waals surface area (Å²) >= 11 is 1.39. The predicted molar refractivity (Wildman–Crippen MR) is 87.3 cm³/mol. The third-order valence-corrected chi connectivity index (χ3v) is 7.52. The van der Waals surface area contributed by atoms with Crippen LogP contribution in [0.4, 0.5) is 0 Å². The van der Waals surface area contributed by atoms with Gasteiger partial charge in [-0.25, -0.2) is 8.42 Å². The molecule has 2 rings (SSSR count). The van der Waals surface area contributed by atoms with Gasteiger partial charge in [0.25, 0.3) is 10.0 Å². The molecule has 120 valence electrons. The Morgan fingerprint density at radius 3 is 2.43 bits per heavy atom. The van der Waals surface area contributed by atoms with Gasteiger partial charge in [0.2, 0.25) is 0 Å². The molecule has 1 aliphatic rings. The van der Waals surface area contributed by atoms with Gasteiger partial charge in [0.05, 0.1) is 0 Å². The Bertz CT molecular complexity index is 573. The zero-order valence-corrected chi connectivity index (χ0v) is 14.9. The summed E-state index contributed by atoms with van der Waals surface area (Å²) in [6.45, 7) is 9.77. The van der Waals surface area contributed by atoms with E-state index in [9.17, 15) is 8.42 Å². The van der Waals surface area contributed by atoms with E-state index in [2.05, 4.69) is 24.1 Å². The molecular formula is C14H25N3O2S2. The molecule has 1 saturated heterocycles. The molecule has 0 unspecified atom stereocenters. The first-order chi connectivity index (χ1) is 9.86. The van der Waals surface area contributed by atoms with Gasteiger partial charge in [-0.3, -0.25) is 4.90 Å². The lowest BCUT2D eigenvalue weighted by Crippen LogP contribution is -2.50. The predicted octanol–water partition coefficient (Wildman–Crippen LogP) is 1.49. The number of sulfonamides is 1. The highest BCUT2D eigenvalue weighted by Gasteiger charge is 2.30. The van der Waals surface area contributed by atoms with Gasteiger partial charge in [0.1, 0.15) is 4.21 Å². The van der Waals surface area contributed by atoms with Crippen molar-refractivity contribution in [2.24, 2.45) is 0 Å². The zero-order valence-electron chi connectivity index (χ0n) is 13.2. The standard InChI is InChI=1S/C14H25N3O2S2/c1-11(2)16-5-7-17(8-6-16)21(18,19)14-9-12(3)13(20-14)10-15-4/h9,11,15H,5-8,10H2,1-4H3. The van der Waals surface area contributed by atoms with Gasteiger partial charge in [-0.1, -0.05) is 0 Å². The van der Waals surface area contributed by atoms with Crippen LogP contribution in [0.2, 0.25) is 0 Å². The molecule has 0 aromatic carbocycles. The Morgan fingerprint density at radius 1 is 1.29 bits per heavy atom. The average molecular weight is 332 g/mol. The van der Waals surface area contributed by atoms with Gasteiger partial charge in [0.15, 0.2) is 0 Å². The maximum atomic E-state index is 12.7. The van der Waals surface area contributed by atoms with Crippen molar-refractivity contribution in [2.45, 2.75) is 37.6 Å². The van der Waals surface area contributed by atoms with E-state index in [0.29, 0.717) is 29.9 Å². The van der Waals surface area contributed by atoms with Crippen molar-refractivity contribution in [1.29, 1.82) is 0 Å². The average Bonchev–Trinajstić information content (AvgIpc) is 2.81. The van der Waals surface area contributed by atoms with Crippen molar-refractivity contribution in [3.8, 4) is 0 Å². The minimum atomic E-state index is -3.33. The van der Waals surface area contributed by atoms with E-state index >= 15 is 0 Å². The van der Waals surface area contributed by atoms with E-state index in [4.69, 9.17) is 0 Å². The number of thiophene rings is 1. The smallest absolute Gasteiger partial charge is 0.252 e. The van der Waals surface area contributed by atoms with E-state index < -0.39 is 10.0 Å². The quantitative estimate of drug-likeness (QED) is 0.888. The topological polar surface area (TPSA) is 52.7 Å². The molecule has 1 aromatic rings. The molecule has 7 heteroatoms. The first-order valence-electron chi connectivity index (χ1n) is 7.34. The highest BCUT2D eigenvalue weighted by atomic mass is 32.2. The highest BCUT2D eigenvalue weighted by Crippen LogP contribution is 2.29. The second-order valence-corrected chi connectivity index (χ2v) is 9.04. The summed E-state index contributed by atoms with van der Waals surface area (Å²) in [5.41, 5.74) is 1.05. The monoisotopic (exact) mass is 331 g/mol. The van der Waals surface area contributed by atoms with Crippen molar-refractivity contribution in [1.82, 2.24) is 14.5 Å². The van der Waals surface area contributed by atoms with Gasteiger partial charge in [-0.15, -0.1) is 11.3 Å². The van der Waals surface area contributed by atoms with Crippen LogP contribution in [0, 0.1) is 6.92 Å². The molecule has 0 spiro atoms. The fourth-order valence-electron chi connectivity index (χ4n) is 2.54. The Labute approximate surface area is 132 Å². The van der Waals surface area contributed by atoms with E-state index in [1.54, 1.807) is 4.31 Å². The molecule has 2 heterocycles. The van der Waals surface area contributed by atoms with Crippen molar-refractivity contribution < 1.29 is 8.42 Å². The molecule has 1 N–H and O–H groups in total. The van der Waals surface area contributed by atoms with Crippen LogP contribution < -0.4 is 5.32 Å². The highest BCUT2D eigenvalue weighted by molar-refractivity contribution is 7.91. The lowest BCUT2D eigenvalue weighted by molar-refractivity contribution is 0.154. The normalized spacial score (nSPS) is 18.5. The fourth-order valence-corrected chi connectivity index (χ4v) is 5.72. The molecule has 0 radical (unpaired) electrons. The Balaban J connectivity index is 2.14. The zero-order chi connectivity index (χ0) is 15.6.